The molecule has 0 bridgehead atoms. The van der Waals surface area contributed by atoms with Gasteiger partial charge in [-0.3, -0.25) is 4.79 Å². The Balaban J connectivity index is 2.06. The molecule has 2 N–H and O–H groups in total. The van der Waals surface area contributed by atoms with Gasteiger partial charge in [-0.15, -0.1) is 0 Å². The van der Waals surface area contributed by atoms with Crippen molar-refractivity contribution in [3.8, 4) is 22.4 Å². The van der Waals surface area contributed by atoms with Gasteiger partial charge in [0.2, 0.25) is 0 Å². The molecule has 0 spiro atoms. The van der Waals surface area contributed by atoms with Crippen LogP contribution in [0.15, 0.2) is 71.8 Å². The lowest BCUT2D eigenvalue weighted by Crippen LogP contribution is -2.20. The minimum Gasteiger partial charge on any atom is -0.399 e. The zero-order valence-electron chi connectivity index (χ0n) is 14.8. The molecule has 3 aromatic heterocycles. The molecule has 26 heavy (non-hydrogen) atoms. The van der Waals surface area contributed by atoms with E-state index in [-0.39, 0.29) is 11.6 Å². The highest BCUT2D eigenvalue weighted by molar-refractivity contribution is 5.92. The highest BCUT2D eigenvalue weighted by atomic mass is 16.1. The van der Waals surface area contributed by atoms with Crippen molar-refractivity contribution in [3.63, 3.8) is 0 Å². The second-order valence-electron chi connectivity index (χ2n) is 6.64. The SMILES string of the molecule is CC(C)n1cc(-c2c(-c3ccccc3)nn3ccc(N)cc23)ccc1=O. The van der Waals surface area contributed by atoms with Crippen LogP contribution in [0.4, 0.5) is 5.69 Å². The van der Waals surface area contributed by atoms with Gasteiger partial charge in [0, 0.05) is 46.9 Å². The molecule has 0 aliphatic rings. The van der Waals surface area contributed by atoms with Crippen LogP contribution in [0, 0.1) is 0 Å². The number of aromatic nitrogens is 3. The summed E-state index contributed by atoms with van der Waals surface area (Å²) in [4.78, 5) is 12.2. The molecule has 0 radical (unpaired) electrons. The maximum atomic E-state index is 12.2. The van der Waals surface area contributed by atoms with Gasteiger partial charge in [-0.05, 0) is 32.0 Å². The van der Waals surface area contributed by atoms with Crippen molar-refractivity contribution in [2.24, 2.45) is 0 Å². The van der Waals surface area contributed by atoms with Crippen molar-refractivity contribution in [2.45, 2.75) is 19.9 Å². The molecule has 0 amide bonds. The van der Waals surface area contributed by atoms with E-state index in [1.807, 2.05) is 79.3 Å². The molecular weight excluding hydrogens is 324 g/mol. The Morgan fingerprint density at radius 1 is 1.00 bits per heavy atom. The lowest BCUT2D eigenvalue weighted by molar-refractivity contribution is 0.579. The molecular formula is C21H20N4O. The maximum Gasteiger partial charge on any atom is 0.250 e. The fraction of sp³-hybridized carbons (Fsp3) is 0.143. The van der Waals surface area contributed by atoms with Gasteiger partial charge in [0.15, 0.2) is 0 Å². The van der Waals surface area contributed by atoms with Gasteiger partial charge < -0.3 is 10.3 Å². The second kappa shape index (κ2) is 6.19. The van der Waals surface area contributed by atoms with Crippen LogP contribution in [-0.4, -0.2) is 14.2 Å². The van der Waals surface area contributed by atoms with Gasteiger partial charge in [0.1, 0.15) is 5.69 Å². The Labute approximate surface area is 151 Å². The normalized spacial score (nSPS) is 11.3. The number of anilines is 1. The predicted molar refractivity (Wildman–Crippen MR) is 105 cm³/mol. The van der Waals surface area contributed by atoms with Crippen LogP contribution in [0.2, 0.25) is 0 Å². The Morgan fingerprint density at radius 3 is 2.50 bits per heavy atom. The molecule has 0 saturated heterocycles. The monoisotopic (exact) mass is 344 g/mol. The molecule has 0 saturated carbocycles. The Bertz CT molecular complexity index is 1140. The molecule has 3 heterocycles. The summed E-state index contributed by atoms with van der Waals surface area (Å²) in [6, 6.07) is 17.3. The van der Waals surface area contributed by atoms with Gasteiger partial charge in [0.25, 0.3) is 5.56 Å². The first-order chi connectivity index (χ1) is 12.5. The van der Waals surface area contributed by atoms with Crippen LogP contribution in [0.1, 0.15) is 19.9 Å². The first-order valence-electron chi connectivity index (χ1n) is 8.60. The summed E-state index contributed by atoms with van der Waals surface area (Å²) in [7, 11) is 0. The Kier molecular flexibility index (Phi) is 3.84. The van der Waals surface area contributed by atoms with Gasteiger partial charge in [0.05, 0.1) is 5.52 Å². The minimum atomic E-state index is -0.0130. The van der Waals surface area contributed by atoms with E-state index in [2.05, 4.69) is 0 Å². The third-order valence-corrected chi connectivity index (χ3v) is 4.49. The summed E-state index contributed by atoms with van der Waals surface area (Å²) < 4.78 is 3.57. The highest BCUT2D eigenvalue weighted by Gasteiger charge is 2.17. The molecule has 0 aliphatic heterocycles. The molecule has 1 aromatic carbocycles. The van der Waals surface area contributed by atoms with E-state index in [1.165, 1.54) is 0 Å². The number of pyridine rings is 2. The molecule has 5 nitrogen and oxygen atoms in total. The molecule has 0 aliphatic carbocycles. The van der Waals surface area contributed by atoms with Crippen LogP contribution < -0.4 is 11.3 Å². The smallest absolute Gasteiger partial charge is 0.250 e. The van der Waals surface area contributed by atoms with Crippen molar-refractivity contribution < 1.29 is 0 Å². The molecule has 4 aromatic rings. The molecule has 0 atom stereocenters. The largest absolute Gasteiger partial charge is 0.399 e. The topological polar surface area (TPSA) is 65.3 Å². The number of fused-ring (bicyclic) bond motifs is 1. The zero-order chi connectivity index (χ0) is 18.3. The summed E-state index contributed by atoms with van der Waals surface area (Å²) in [6.07, 6.45) is 3.76. The average molecular weight is 344 g/mol. The number of nitrogens with two attached hydrogens (primary N) is 1. The van der Waals surface area contributed by atoms with Gasteiger partial charge >= 0.3 is 0 Å². The first kappa shape index (κ1) is 16.1. The maximum absolute atomic E-state index is 12.2. The van der Waals surface area contributed by atoms with Gasteiger partial charge in [-0.2, -0.15) is 5.10 Å². The molecule has 0 fully saturated rings. The number of hydrogen-bond acceptors (Lipinski definition) is 3. The Morgan fingerprint density at radius 2 is 1.77 bits per heavy atom. The van der Waals surface area contributed by atoms with Crippen molar-refractivity contribution in [1.82, 2.24) is 14.2 Å². The van der Waals surface area contributed by atoms with Crippen molar-refractivity contribution in [2.75, 3.05) is 5.73 Å². The number of rotatable bonds is 3. The van der Waals surface area contributed by atoms with Crippen molar-refractivity contribution >= 4 is 11.2 Å². The third-order valence-electron chi connectivity index (χ3n) is 4.49. The Hall–Kier alpha value is -3.34. The molecule has 5 heteroatoms. The van der Waals surface area contributed by atoms with Gasteiger partial charge in [-0.1, -0.05) is 30.3 Å². The quantitative estimate of drug-likeness (QED) is 0.611. The van der Waals surface area contributed by atoms with E-state index in [0.29, 0.717) is 5.69 Å². The van der Waals surface area contributed by atoms with Crippen LogP contribution in [0.5, 0.6) is 0 Å². The van der Waals surface area contributed by atoms with E-state index < -0.39 is 0 Å². The van der Waals surface area contributed by atoms with Crippen molar-refractivity contribution in [1.29, 1.82) is 0 Å². The highest BCUT2D eigenvalue weighted by Crippen LogP contribution is 2.35. The lowest BCUT2D eigenvalue weighted by atomic mass is 10.0. The minimum absolute atomic E-state index is 0.0130. The lowest BCUT2D eigenvalue weighted by Gasteiger charge is -2.12. The summed E-state index contributed by atoms with van der Waals surface area (Å²) in [5, 5.41) is 4.77. The summed E-state index contributed by atoms with van der Waals surface area (Å²) in [5.74, 6) is 0. The van der Waals surface area contributed by atoms with E-state index in [4.69, 9.17) is 10.8 Å². The average Bonchev–Trinajstić information content (AvgIpc) is 3.01. The predicted octanol–water partition coefficient (Wildman–Crippen LogP) is 3.99. The first-order valence-corrected chi connectivity index (χ1v) is 8.60. The third kappa shape index (κ3) is 2.67. The molecule has 4 rings (SSSR count). The number of hydrogen-bond donors (Lipinski definition) is 1. The van der Waals surface area contributed by atoms with Crippen LogP contribution in [0.3, 0.4) is 0 Å². The van der Waals surface area contributed by atoms with Gasteiger partial charge in [-0.25, -0.2) is 4.52 Å². The number of nitrogen functional groups attached to an aromatic ring is 1. The summed E-state index contributed by atoms with van der Waals surface area (Å²) >= 11 is 0. The van der Waals surface area contributed by atoms with Crippen molar-refractivity contribution in [3.05, 3.63) is 77.3 Å². The van der Waals surface area contributed by atoms with Crippen LogP contribution in [0.25, 0.3) is 27.9 Å². The summed E-state index contributed by atoms with van der Waals surface area (Å²) in [5.41, 5.74) is 11.4. The number of nitrogens with zero attached hydrogens (tertiary/aromatic N) is 3. The standard InChI is InChI=1S/C21H20N4O/c1-14(2)24-13-16(8-9-19(24)26)20-18-12-17(22)10-11-25(18)23-21(20)15-6-4-3-5-7-15/h3-14H,22H2,1-2H3. The van der Waals surface area contributed by atoms with Crippen LogP contribution in [-0.2, 0) is 0 Å². The van der Waals surface area contributed by atoms with E-state index >= 15 is 0 Å². The van der Waals surface area contributed by atoms with Crippen LogP contribution >= 0.6 is 0 Å². The number of benzene rings is 1. The molecule has 130 valence electrons. The fourth-order valence-corrected chi connectivity index (χ4v) is 3.20. The van der Waals surface area contributed by atoms with E-state index in [9.17, 15) is 4.79 Å². The van der Waals surface area contributed by atoms with E-state index in [0.717, 1.165) is 27.9 Å². The second-order valence-corrected chi connectivity index (χ2v) is 6.64. The van der Waals surface area contributed by atoms with E-state index in [1.54, 1.807) is 10.6 Å². The fourth-order valence-electron chi connectivity index (χ4n) is 3.20. The zero-order valence-corrected chi connectivity index (χ0v) is 14.8. The molecule has 0 unspecified atom stereocenters. The summed E-state index contributed by atoms with van der Waals surface area (Å²) in [6.45, 7) is 3.99.